The van der Waals surface area contributed by atoms with Gasteiger partial charge in [-0.25, -0.2) is 4.98 Å². The fraction of sp³-hybridized carbons (Fsp3) is 0.200. The van der Waals surface area contributed by atoms with Crippen LogP contribution in [0.4, 0.5) is 0 Å². The lowest BCUT2D eigenvalue weighted by Gasteiger charge is -2.07. The van der Waals surface area contributed by atoms with Crippen LogP contribution < -0.4 is 5.56 Å². The molecule has 0 saturated carbocycles. The molecule has 0 saturated heterocycles. The standard InChI is InChI=1S/C15H15N3OS/c1-10-5-7-20-14(10)12-4-3-6-18(15(12)19)8-13-11(2)16-9-17-13/h3-7,9H,8H2,1-2H3,(H,16,17). The van der Waals surface area contributed by atoms with Crippen molar-refractivity contribution in [3.63, 3.8) is 0 Å². The smallest absolute Gasteiger partial charge is 0.259 e. The third-order valence-electron chi connectivity index (χ3n) is 3.38. The van der Waals surface area contributed by atoms with Gasteiger partial charge in [0.1, 0.15) is 0 Å². The highest BCUT2D eigenvalue weighted by molar-refractivity contribution is 7.13. The lowest BCUT2D eigenvalue weighted by molar-refractivity contribution is 0.741. The maximum Gasteiger partial charge on any atom is 0.259 e. The van der Waals surface area contributed by atoms with Gasteiger partial charge in [0.2, 0.25) is 0 Å². The first-order chi connectivity index (χ1) is 9.66. The van der Waals surface area contributed by atoms with Gasteiger partial charge in [0.25, 0.3) is 5.56 Å². The molecular weight excluding hydrogens is 270 g/mol. The number of hydrogen-bond donors (Lipinski definition) is 1. The largest absolute Gasteiger partial charge is 0.348 e. The minimum Gasteiger partial charge on any atom is -0.348 e. The van der Waals surface area contributed by atoms with Crippen LogP contribution in [0.25, 0.3) is 10.4 Å². The zero-order valence-electron chi connectivity index (χ0n) is 11.4. The minimum atomic E-state index is 0.0282. The monoisotopic (exact) mass is 285 g/mol. The zero-order valence-corrected chi connectivity index (χ0v) is 12.2. The Labute approximate surface area is 120 Å². The van der Waals surface area contributed by atoms with Gasteiger partial charge in [-0.15, -0.1) is 11.3 Å². The Morgan fingerprint density at radius 3 is 2.85 bits per heavy atom. The average molecular weight is 285 g/mol. The molecule has 3 aromatic rings. The molecule has 0 bridgehead atoms. The van der Waals surface area contributed by atoms with E-state index in [2.05, 4.69) is 9.97 Å². The van der Waals surface area contributed by atoms with Gasteiger partial charge in [0, 0.05) is 16.8 Å². The molecule has 0 atom stereocenters. The molecule has 0 unspecified atom stereocenters. The first-order valence-corrected chi connectivity index (χ1v) is 7.27. The van der Waals surface area contributed by atoms with Crippen molar-refractivity contribution in [2.75, 3.05) is 0 Å². The van der Waals surface area contributed by atoms with Gasteiger partial charge in [0.05, 0.1) is 24.1 Å². The molecule has 3 aromatic heterocycles. The molecule has 0 aromatic carbocycles. The molecule has 4 nitrogen and oxygen atoms in total. The van der Waals surface area contributed by atoms with E-state index in [-0.39, 0.29) is 5.56 Å². The maximum atomic E-state index is 12.6. The van der Waals surface area contributed by atoms with E-state index in [1.165, 1.54) is 0 Å². The maximum absolute atomic E-state index is 12.6. The number of H-pyrrole nitrogens is 1. The summed E-state index contributed by atoms with van der Waals surface area (Å²) in [6.45, 7) is 4.48. The molecule has 0 aliphatic heterocycles. The SMILES string of the molecule is Cc1ccsc1-c1cccn(Cc2nc[nH]c2C)c1=O. The van der Waals surface area contributed by atoms with E-state index in [0.29, 0.717) is 6.54 Å². The number of imidazole rings is 1. The molecule has 102 valence electrons. The van der Waals surface area contributed by atoms with E-state index < -0.39 is 0 Å². The number of hydrogen-bond acceptors (Lipinski definition) is 3. The van der Waals surface area contributed by atoms with E-state index in [1.54, 1.807) is 22.2 Å². The van der Waals surface area contributed by atoms with Gasteiger partial charge in [0.15, 0.2) is 0 Å². The van der Waals surface area contributed by atoms with Crippen LogP contribution in [0.15, 0.2) is 40.9 Å². The van der Waals surface area contributed by atoms with Crippen LogP contribution in [-0.2, 0) is 6.54 Å². The average Bonchev–Trinajstić information content (AvgIpc) is 3.02. The molecule has 0 spiro atoms. The highest BCUT2D eigenvalue weighted by Crippen LogP contribution is 2.26. The number of nitrogens with zero attached hydrogens (tertiary/aromatic N) is 2. The third kappa shape index (κ3) is 2.20. The van der Waals surface area contributed by atoms with E-state index >= 15 is 0 Å². The summed E-state index contributed by atoms with van der Waals surface area (Å²) in [4.78, 5) is 20.9. The zero-order chi connectivity index (χ0) is 14.1. The molecule has 0 aliphatic carbocycles. The highest BCUT2D eigenvalue weighted by atomic mass is 32.1. The quantitative estimate of drug-likeness (QED) is 0.804. The second-order valence-corrected chi connectivity index (χ2v) is 5.68. The van der Waals surface area contributed by atoms with Gasteiger partial charge in [-0.1, -0.05) is 0 Å². The number of rotatable bonds is 3. The Morgan fingerprint density at radius 2 is 2.20 bits per heavy atom. The summed E-state index contributed by atoms with van der Waals surface area (Å²) in [5.74, 6) is 0. The molecule has 20 heavy (non-hydrogen) atoms. The Balaban J connectivity index is 2.05. The van der Waals surface area contributed by atoms with Gasteiger partial charge in [-0.3, -0.25) is 4.79 Å². The Bertz CT molecular complexity index is 797. The van der Waals surface area contributed by atoms with Crippen molar-refractivity contribution in [3.05, 3.63) is 63.4 Å². The Morgan fingerprint density at radius 1 is 1.35 bits per heavy atom. The number of aryl methyl sites for hydroxylation is 2. The van der Waals surface area contributed by atoms with Crippen LogP contribution in [0.3, 0.4) is 0 Å². The fourth-order valence-electron chi connectivity index (χ4n) is 2.19. The van der Waals surface area contributed by atoms with Gasteiger partial charge in [-0.2, -0.15) is 0 Å². The van der Waals surface area contributed by atoms with Crippen LogP contribution in [0, 0.1) is 13.8 Å². The lowest BCUT2D eigenvalue weighted by atomic mass is 10.1. The summed E-state index contributed by atoms with van der Waals surface area (Å²) in [7, 11) is 0. The summed E-state index contributed by atoms with van der Waals surface area (Å²) >= 11 is 1.60. The molecular formula is C15H15N3OS. The summed E-state index contributed by atoms with van der Waals surface area (Å²) in [5.41, 5.74) is 3.82. The van der Waals surface area contributed by atoms with Crippen molar-refractivity contribution >= 4 is 11.3 Å². The van der Waals surface area contributed by atoms with Crippen LogP contribution in [0.2, 0.25) is 0 Å². The molecule has 0 aliphatic rings. The van der Waals surface area contributed by atoms with Crippen molar-refractivity contribution in [2.45, 2.75) is 20.4 Å². The number of thiophene rings is 1. The topological polar surface area (TPSA) is 50.7 Å². The predicted molar refractivity (Wildman–Crippen MR) is 81.2 cm³/mol. The molecule has 0 radical (unpaired) electrons. The van der Waals surface area contributed by atoms with Gasteiger partial charge < -0.3 is 9.55 Å². The highest BCUT2D eigenvalue weighted by Gasteiger charge is 2.11. The summed E-state index contributed by atoms with van der Waals surface area (Å²) in [6.07, 6.45) is 3.46. The van der Waals surface area contributed by atoms with Crippen molar-refractivity contribution in [1.82, 2.24) is 14.5 Å². The number of aromatic amines is 1. The minimum absolute atomic E-state index is 0.0282. The first kappa shape index (κ1) is 12.9. The van der Waals surface area contributed by atoms with E-state index in [4.69, 9.17) is 0 Å². The summed E-state index contributed by atoms with van der Waals surface area (Å²) < 4.78 is 1.71. The molecule has 0 amide bonds. The second-order valence-electron chi connectivity index (χ2n) is 4.76. The van der Waals surface area contributed by atoms with E-state index in [1.807, 2.05) is 43.6 Å². The van der Waals surface area contributed by atoms with Gasteiger partial charge in [-0.05, 0) is 43.0 Å². The van der Waals surface area contributed by atoms with Crippen LogP contribution in [0.5, 0.6) is 0 Å². The fourth-order valence-corrected chi connectivity index (χ4v) is 3.14. The van der Waals surface area contributed by atoms with Crippen molar-refractivity contribution in [2.24, 2.45) is 0 Å². The molecule has 1 N–H and O–H groups in total. The molecule has 5 heteroatoms. The Hall–Kier alpha value is -2.14. The van der Waals surface area contributed by atoms with E-state index in [9.17, 15) is 4.79 Å². The molecule has 3 rings (SSSR count). The molecule has 0 fully saturated rings. The lowest BCUT2D eigenvalue weighted by Crippen LogP contribution is -2.21. The van der Waals surface area contributed by atoms with Crippen LogP contribution in [0.1, 0.15) is 17.0 Å². The number of aromatic nitrogens is 3. The van der Waals surface area contributed by atoms with E-state index in [0.717, 1.165) is 27.4 Å². The third-order valence-corrected chi connectivity index (χ3v) is 4.43. The van der Waals surface area contributed by atoms with Crippen molar-refractivity contribution in [1.29, 1.82) is 0 Å². The van der Waals surface area contributed by atoms with Crippen LogP contribution in [-0.4, -0.2) is 14.5 Å². The second kappa shape index (κ2) is 5.09. The Kier molecular flexibility index (Phi) is 3.28. The van der Waals surface area contributed by atoms with Crippen molar-refractivity contribution < 1.29 is 0 Å². The van der Waals surface area contributed by atoms with Crippen molar-refractivity contribution in [3.8, 4) is 10.4 Å². The summed E-state index contributed by atoms with van der Waals surface area (Å²) in [5, 5.41) is 2.01. The normalized spacial score (nSPS) is 10.9. The first-order valence-electron chi connectivity index (χ1n) is 6.39. The predicted octanol–water partition coefficient (Wildman–Crippen LogP) is 2.97. The molecule has 3 heterocycles. The van der Waals surface area contributed by atoms with Gasteiger partial charge >= 0.3 is 0 Å². The van der Waals surface area contributed by atoms with Crippen LogP contribution >= 0.6 is 11.3 Å². The number of pyridine rings is 1. The summed E-state index contributed by atoms with van der Waals surface area (Å²) in [6, 6.07) is 5.83. The number of nitrogens with one attached hydrogen (secondary N) is 1.